The highest BCUT2D eigenvalue weighted by molar-refractivity contribution is 7.76. The molecule has 4 heterocycles. The lowest BCUT2D eigenvalue weighted by Gasteiger charge is -2.28. The molecular formula is C21H22N5O3S2-. The highest BCUT2D eigenvalue weighted by atomic mass is 32.2. The van der Waals surface area contributed by atoms with Crippen molar-refractivity contribution in [3.8, 4) is 11.4 Å². The Labute approximate surface area is 186 Å². The number of hydrogen-bond acceptors (Lipinski definition) is 7. The maximum atomic E-state index is 11.5. The van der Waals surface area contributed by atoms with Crippen LogP contribution in [0, 0.1) is 0 Å². The van der Waals surface area contributed by atoms with E-state index in [0.717, 1.165) is 50.5 Å². The third-order valence-corrected chi connectivity index (χ3v) is 7.36. The molecule has 1 fully saturated rings. The van der Waals surface area contributed by atoms with Crippen molar-refractivity contribution < 1.29 is 13.5 Å². The van der Waals surface area contributed by atoms with Gasteiger partial charge in [0, 0.05) is 65.0 Å². The van der Waals surface area contributed by atoms with E-state index in [1.807, 2.05) is 43.5 Å². The molecule has 0 spiro atoms. The third kappa shape index (κ3) is 3.97. The Morgan fingerprint density at radius 2 is 2.13 bits per heavy atom. The fourth-order valence-electron chi connectivity index (χ4n) is 3.88. The molecule has 8 nitrogen and oxygen atoms in total. The van der Waals surface area contributed by atoms with Gasteiger partial charge in [-0.15, -0.1) is 11.3 Å². The molecule has 1 aromatic carbocycles. The SMILES string of the molecule is CCN(Cc1cc2nc(-c3cccc4[nH]ccc34)nc(N3CCOCC3)c2s1)S(=O)[O-]. The summed E-state index contributed by atoms with van der Waals surface area (Å²) in [5.41, 5.74) is 2.85. The van der Waals surface area contributed by atoms with E-state index in [-0.39, 0.29) is 0 Å². The Bertz CT molecular complexity index is 1250. The van der Waals surface area contributed by atoms with Gasteiger partial charge < -0.3 is 19.2 Å². The lowest BCUT2D eigenvalue weighted by molar-refractivity contribution is 0.122. The minimum Gasteiger partial charge on any atom is -0.760 e. The van der Waals surface area contributed by atoms with E-state index in [4.69, 9.17) is 14.7 Å². The molecule has 0 amide bonds. The molecule has 3 aromatic heterocycles. The number of ether oxygens (including phenoxy) is 1. The van der Waals surface area contributed by atoms with Gasteiger partial charge in [-0.25, -0.2) is 14.3 Å². The van der Waals surface area contributed by atoms with Crippen LogP contribution in [0.1, 0.15) is 11.8 Å². The van der Waals surface area contributed by atoms with E-state index in [1.54, 1.807) is 11.3 Å². The van der Waals surface area contributed by atoms with E-state index < -0.39 is 11.3 Å². The number of aromatic nitrogens is 3. The summed E-state index contributed by atoms with van der Waals surface area (Å²) >= 11 is -0.698. The number of morpholine rings is 1. The Balaban J connectivity index is 1.65. The zero-order valence-electron chi connectivity index (χ0n) is 17.0. The molecule has 1 unspecified atom stereocenters. The topological polar surface area (TPSA) is 97.4 Å². The smallest absolute Gasteiger partial charge is 0.162 e. The summed E-state index contributed by atoms with van der Waals surface area (Å²) in [6, 6.07) is 10.1. The molecule has 0 bridgehead atoms. The summed E-state index contributed by atoms with van der Waals surface area (Å²) in [7, 11) is 0. The number of thiophene rings is 1. The van der Waals surface area contributed by atoms with Gasteiger partial charge in [-0.1, -0.05) is 19.1 Å². The van der Waals surface area contributed by atoms with Gasteiger partial charge in [-0.3, -0.25) is 4.21 Å². The van der Waals surface area contributed by atoms with E-state index in [0.29, 0.717) is 32.1 Å². The van der Waals surface area contributed by atoms with Crippen molar-refractivity contribution in [2.75, 3.05) is 37.7 Å². The van der Waals surface area contributed by atoms with Crippen LogP contribution in [0.3, 0.4) is 0 Å². The molecule has 0 aliphatic carbocycles. The molecule has 1 aliphatic rings. The quantitative estimate of drug-likeness (QED) is 0.447. The van der Waals surface area contributed by atoms with Crippen LogP contribution in [0.15, 0.2) is 36.5 Å². The van der Waals surface area contributed by atoms with Crippen molar-refractivity contribution in [2.24, 2.45) is 0 Å². The van der Waals surface area contributed by atoms with Crippen LogP contribution >= 0.6 is 11.3 Å². The Kier molecular flexibility index (Phi) is 5.72. The molecule has 1 saturated heterocycles. The van der Waals surface area contributed by atoms with Crippen molar-refractivity contribution in [2.45, 2.75) is 13.5 Å². The summed E-state index contributed by atoms with van der Waals surface area (Å²) in [6.45, 7) is 5.43. The van der Waals surface area contributed by atoms with Gasteiger partial charge in [0.15, 0.2) is 11.6 Å². The number of hydrogen-bond donors (Lipinski definition) is 1. The summed E-state index contributed by atoms with van der Waals surface area (Å²) in [5, 5.41) is 1.07. The first-order valence-corrected chi connectivity index (χ1v) is 12.0. The minimum absolute atomic E-state index is 0.332. The van der Waals surface area contributed by atoms with Crippen LogP contribution in [0.4, 0.5) is 5.82 Å². The van der Waals surface area contributed by atoms with Crippen molar-refractivity contribution in [3.63, 3.8) is 0 Å². The lowest BCUT2D eigenvalue weighted by Crippen LogP contribution is -2.36. The van der Waals surface area contributed by atoms with E-state index in [1.165, 1.54) is 4.31 Å². The maximum Gasteiger partial charge on any atom is 0.162 e. The number of rotatable bonds is 6. The second-order valence-corrected chi connectivity index (χ2v) is 9.40. The van der Waals surface area contributed by atoms with Crippen molar-refractivity contribution in [3.05, 3.63) is 41.4 Å². The Morgan fingerprint density at radius 3 is 2.90 bits per heavy atom. The van der Waals surface area contributed by atoms with Crippen molar-refractivity contribution in [1.82, 2.24) is 19.3 Å². The fraction of sp³-hybridized carbons (Fsp3) is 0.333. The van der Waals surface area contributed by atoms with Crippen LogP contribution in [0.5, 0.6) is 0 Å². The van der Waals surface area contributed by atoms with E-state index >= 15 is 0 Å². The van der Waals surface area contributed by atoms with Crippen LogP contribution in [-0.2, 0) is 22.5 Å². The number of nitrogens with zero attached hydrogens (tertiary/aromatic N) is 4. The van der Waals surface area contributed by atoms with Crippen LogP contribution in [0.2, 0.25) is 0 Å². The maximum absolute atomic E-state index is 11.5. The van der Waals surface area contributed by atoms with Gasteiger partial charge in [0.1, 0.15) is 0 Å². The molecule has 1 atom stereocenters. The summed E-state index contributed by atoms with van der Waals surface area (Å²) < 4.78 is 30.9. The number of fused-ring (bicyclic) bond motifs is 2. The standard InChI is InChI=1S/C21H23N5O3S2/c1-2-26(31(27)28)13-14-12-18-19(30-14)21(25-8-10-29-11-9-25)24-20(23-18)16-4-3-5-17-15(16)6-7-22-17/h3-7,12,22H,2,8-11,13H2,1H3,(H,27,28)/p-1. The first kappa shape index (κ1) is 20.5. The average molecular weight is 457 g/mol. The minimum atomic E-state index is -2.26. The first-order chi connectivity index (χ1) is 15.1. The first-order valence-electron chi connectivity index (χ1n) is 10.2. The van der Waals surface area contributed by atoms with Gasteiger partial charge in [0.2, 0.25) is 0 Å². The average Bonchev–Trinajstić information content (AvgIpc) is 3.43. The zero-order chi connectivity index (χ0) is 21.4. The molecule has 5 rings (SSSR count). The predicted octanol–water partition coefficient (Wildman–Crippen LogP) is 3.29. The number of benzene rings is 1. The number of anilines is 1. The van der Waals surface area contributed by atoms with Gasteiger partial charge in [-0.05, 0) is 18.2 Å². The number of aromatic amines is 1. The second-order valence-electron chi connectivity index (χ2n) is 7.32. The molecule has 0 saturated carbocycles. The predicted molar refractivity (Wildman–Crippen MR) is 123 cm³/mol. The lowest BCUT2D eigenvalue weighted by atomic mass is 10.1. The second kappa shape index (κ2) is 8.64. The molecule has 31 heavy (non-hydrogen) atoms. The zero-order valence-corrected chi connectivity index (χ0v) is 18.7. The van der Waals surface area contributed by atoms with Gasteiger partial charge in [-0.2, -0.15) is 0 Å². The largest absolute Gasteiger partial charge is 0.760 e. The van der Waals surface area contributed by atoms with Crippen molar-refractivity contribution >= 4 is 49.5 Å². The normalized spacial score (nSPS) is 15.9. The molecule has 10 heteroatoms. The molecule has 4 aromatic rings. The fourth-order valence-corrected chi connectivity index (χ4v) is 5.54. The summed E-state index contributed by atoms with van der Waals surface area (Å²) in [4.78, 5) is 16.3. The van der Waals surface area contributed by atoms with Crippen LogP contribution in [-0.4, -0.2) is 60.9 Å². The molecule has 1 aliphatic heterocycles. The molecule has 1 N–H and O–H groups in total. The Hall–Kier alpha value is -2.37. The summed E-state index contributed by atoms with van der Waals surface area (Å²) in [6.07, 6.45) is 1.92. The van der Waals surface area contributed by atoms with Crippen LogP contribution in [0.25, 0.3) is 32.5 Å². The monoisotopic (exact) mass is 456 g/mol. The molecular weight excluding hydrogens is 434 g/mol. The Morgan fingerprint density at radius 1 is 1.29 bits per heavy atom. The van der Waals surface area contributed by atoms with Gasteiger partial charge >= 0.3 is 0 Å². The van der Waals surface area contributed by atoms with Gasteiger partial charge in [0.05, 0.1) is 23.4 Å². The van der Waals surface area contributed by atoms with E-state index in [9.17, 15) is 8.76 Å². The number of H-pyrrole nitrogens is 1. The summed E-state index contributed by atoms with van der Waals surface area (Å²) in [5.74, 6) is 1.56. The van der Waals surface area contributed by atoms with Crippen LogP contribution < -0.4 is 4.90 Å². The number of nitrogens with one attached hydrogen (secondary N) is 1. The molecule has 0 radical (unpaired) electrons. The van der Waals surface area contributed by atoms with Crippen molar-refractivity contribution in [1.29, 1.82) is 0 Å². The van der Waals surface area contributed by atoms with Gasteiger partial charge in [0.25, 0.3) is 0 Å². The van der Waals surface area contributed by atoms with E-state index in [2.05, 4.69) is 9.88 Å². The highest BCUT2D eigenvalue weighted by Gasteiger charge is 2.21. The highest BCUT2D eigenvalue weighted by Crippen LogP contribution is 2.36. The third-order valence-electron chi connectivity index (χ3n) is 5.45. The molecule has 162 valence electrons.